The zero-order valence-corrected chi connectivity index (χ0v) is 19.1. The lowest BCUT2D eigenvalue weighted by atomic mass is 10.0. The van der Waals surface area contributed by atoms with Gasteiger partial charge in [-0.2, -0.15) is 4.68 Å². The molecule has 2 aromatic heterocycles. The Balaban J connectivity index is 1.46. The lowest BCUT2D eigenvalue weighted by molar-refractivity contribution is -0.114. The van der Waals surface area contributed by atoms with Crippen molar-refractivity contribution in [1.82, 2.24) is 25.2 Å². The zero-order chi connectivity index (χ0) is 21.8. The van der Waals surface area contributed by atoms with Crippen molar-refractivity contribution >= 4 is 34.7 Å². The molecule has 7 nitrogen and oxygen atoms in total. The Labute approximate surface area is 188 Å². The summed E-state index contributed by atoms with van der Waals surface area (Å²) in [5, 5.41) is 18.6. The molecular weight excluding hydrogens is 428 g/mol. The molecule has 1 N–H and O–H groups in total. The summed E-state index contributed by atoms with van der Waals surface area (Å²) in [7, 11) is 0. The lowest BCUT2D eigenvalue weighted by Gasteiger charge is -2.07. The maximum atomic E-state index is 11.3. The van der Waals surface area contributed by atoms with Crippen LogP contribution in [0.3, 0.4) is 0 Å². The van der Waals surface area contributed by atoms with Gasteiger partial charge in [0.25, 0.3) is 0 Å². The first-order chi connectivity index (χ1) is 15.0. The summed E-state index contributed by atoms with van der Waals surface area (Å²) in [6.07, 6.45) is 0. The standard InChI is InChI=1S/C22H22N6OS2/c1-14(2)16-7-9-17(10-8-16)21-24-19(12-30-21)13-31-22-25-26-27-28(22)20-6-4-5-18(11-20)23-15(3)29/h4-12,14H,13H2,1-3H3,(H,23,29). The third-order valence-electron chi connectivity index (χ3n) is 4.58. The average Bonchev–Trinajstić information content (AvgIpc) is 3.41. The van der Waals surface area contributed by atoms with Gasteiger partial charge < -0.3 is 5.32 Å². The topological polar surface area (TPSA) is 85.6 Å². The van der Waals surface area contributed by atoms with Crippen molar-refractivity contribution in [2.24, 2.45) is 0 Å². The Kier molecular flexibility index (Phi) is 6.43. The number of rotatable bonds is 7. The van der Waals surface area contributed by atoms with Gasteiger partial charge in [-0.05, 0) is 40.1 Å². The highest BCUT2D eigenvalue weighted by Gasteiger charge is 2.12. The van der Waals surface area contributed by atoms with Crippen LogP contribution in [0, 0.1) is 0 Å². The molecule has 2 aromatic carbocycles. The normalized spacial score (nSPS) is 11.1. The second-order valence-electron chi connectivity index (χ2n) is 7.31. The van der Waals surface area contributed by atoms with Crippen LogP contribution in [-0.4, -0.2) is 31.1 Å². The minimum Gasteiger partial charge on any atom is -0.326 e. The van der Waals surface area contributed by atoms with Gasteiger partial charge in [0, 0.05) is 29.3 Å². The van der Waals surface area contributed by atoms with E-state index in [1.165, 1.54) is 24.2 Å². The molecule has 0 aliphatic rings. The highest BCUT2D eigenvalue weighted by molar-refractivity contribution is 7.98. The van der Waals surface area contributed by atoms with Crippen molar-refractivity contribution in [1.29, 1.82) is 0 Å². The fourth-order valence-electron chi connectivity index (χ4n) is 3.00. The van der Waals surface area contributed by atoms with Gasteiger partial charge in [-0.3, -0.25) is 4.79 Å². The average molecular weight is 451 g/mol. The van der Waals surface area contributed by atoms with E-state index in [1.807, 2.05) is 24.3 Å². The van der Waals surface area contributed by atoms with E-state index in [0.717, 1.165) is 22.0 Å². The molecule has 0 saturated heterocycles. The van der Waals surface area contributed by atoms with Crippen LogP contribution in [0.4, 0.5) is 5.69 Å². The molecule has 0 unspecified atom stereocenters. The molecule has 0 aliphatic heterocycles. The summed E-state index contributed by atoms with van der Waals surface area (Å²) < 4.78 is 1.66. The van der Waals surface area contributed by atoms with Crippen molar-refractivity contribution in [2.75, 3.05) is 5.32 Å². The van der Waals surface area contributed by atoms with Gasteiger partial charge in [0.2, 0.25) is 11.1 Å². The molecule has 0 spiro atoms. The van der Waals surface area contributed by atoms with Crippen LogP contribution in [0.1, 0.15) is 37.9 Å². The van der Waals surface area contributed by atoms with E-state index >= 15 is 0 Å². The number of thiazole rings is 1. The summed E-state index contributed by atoms with van der Waals surface area (Å²) in [6.45, 7) is 5.86. The number of amides is 1. The molecule has 4 rings (SSSR count). The number of thioether (sulfide) groups is 1. The predicted octanol–water partition coefficient (Wildman–Crippen LogP) is 5.16. The van der Waals surface area contributed by atoms with Crippen LogP contribution >= 0.6 is 23.1 Å². The monoisotopic (exact) mass is 450 g/mol. The van der Waals surface area contributed by atoms with E-state index in [1.54, 1.807) is 16.0 Å². The Morgan fingerprint density at radius 1 is 1.19 bits per heavy atom. The number of hydrogen-bond acceptors (Lipinski definition) is 7. The fraction of sp³-hybridized carbons (Fsp3) is 0.227. The molecule has 0 atom stereocenters. The third-order valence-corrected chi connectivity index (χ3v) is 6.47. The molecule has 0 fully saturated rings. The van der Waals surface area contributed by atoms with E-state index in [-0.39, 0.29) is 5.91 Å². The molecule has 0 saturated carbocycles. The number of carbonyl (C=O) groups excluding carboxylic acids is 1. The number of anilines is 1. The van der Waals surface area contributed by atoms with Gasteiger partial charge in [-0.1, -0.05) is 55.9 Å². The highest BCUT2D eigenvalue weighted by Crippen LogP contribution is 2.29. The lowest BCUT2D eigenvalue weighted by Crippen LogP contribution is -2.07. The van der Waals surface area contributed by atoms with Crippen LogP contribution in [0.5, 0.6) is 0 Å². The molecule has 31 heavy (non-hydrogen) atoms. The molecule has 1 amide bonds. The molecule has 0 radical (unpaired) electrons. The number of nitrogens with one attached hydrogen (secondary N) is 1. The Hall–Kier alpha value is -3.04. The van der Waals surface area contributed by atoms with Crippen molar-refractivity contribution in [3.63, 3.8) is 0 Å². The Morgan fingerprint density at radius 2 is 2.00 bits per heavy atom. The smallest absolute Gasteiger partial charge is 0.221 e. The minimum absolute atomic E-state index is 0.123. The van der Waals surface area contributed by atoms with Crippen LogP contribution in [0.15, 0.2) is 59.1 Å². The summed E-state index contributed by atoms with van der Waals surface area (Å²) in [5.74, 6) is 1.05. The zero-order valence-electron chi connectivity index (χ0n) is 17.4. The molecule has 4 aromatic rings. The number of carbonyl (C=O) groups is 1. The molecule has 0 aliphatic carbocycles. The van der Waals surface area contributed by atoms with Crippen molar-refractivity contribution in [3.05, 3.63) is 65.2 Å². The fourth-order valence-corrected chi connectivity index (χ4v) is 4.72. The number of aromatic nitrogens is 5. The summed E-state index contributed by atoms with van der Waals surface area (Å²) >= 11 is 3.16. The molecule has 2 heterocycles. The maximum Gasteiger partial charge on any atom is 0.221 e. The minimum atomic E-state index is -0.123. The molecule has 0 bridgehead atoms. The van der Waals surface area contributed by atoms with Gasteiger partial charge in [-0.15, -0.1) is 16.4 Å². The molecular formula is C22H22N6OS2. The molecule has 9 heteroatoms. The maximum absolute atomic E-state index is 11.3. The van der Waals surface area contributed by atoms with Crippen LogP contribution < -0.4 is 5.32 Å². The largest absolute Gasteiger partial charge is 0.326 e. The number of tetrazole rings is 1. The predicted molar refractivity (Wildman–Crippen MR) is 125 cm³/mol. The second kappa shape index (κ2) is 9.40. The second-order valence-corrected chi connectivity index (χ2v) is 9.11. The van der Waals surface area contributed by atoms with Gasteiger partial charge in [0.15, 0.2) is 0 Å². The van der Waals surface area contributed by atoms with Gasteiger partial charge in [0.05, 0.1) is 11.4 Å². The first kappa shape index (κ1) is 21.2. The Bertz CT molecular complexity index is 1180. The van der Waals surface area contributed by atoms with Crippen molar-refractivity contribution in [2.45, 2.75) is 37.6 Å². The SMILES string of the molecule is CC(=O)Nc1cccc(-n2nnnc2SCc2csc(-c3ccc(C(C)C)cc3)n2)c1. The Morgan fingerprint density at radius 3 is 2.74 bits per heavy atom. The number of nitrogens with zero attached hydrogens (tertiary/aromatic N) is 5. The summed E-state index contributed by atoms with van der Waals surface area (Å²) in [4.78, 5) is 16.1. The van der Waals surface area contributed by atoms with Crippen molar-refractivity contribution < 1.29 is 4.79 Å². The van der Waals surface area contributed by atoms with Crippen LogP contribution in [0.2, 0.25) is 0 Å². The van der Waals surface area contributed by atoms with E-state index in [0.29, 0.717) is 22.5 Å². The van der Waals surface area contributed by atoms with E-state index in [4.69, 9.17) is 4.98 Å². The van der Waals surface area contributed by atoms with Crippen molar-refractivity contribution in [3.8, 4) is 16.3 Å². The van der Waals surface area contributed by atoms with E-state index < -0.39 is 0 Å². The van der Waals surface area contributed by atoms with E-state index in [9.17, 15) is 4.79 Å². The summed E-state index contributed by atoms with van der Waals surface area (Å²) in [6, 6.07) is 16.0. The van der Waals surface area contributed by atoms with E-state index in [2.05, 4.69) is 64.3 Å². The first-order valence-electron chi connectivity index (χ1n) is 9.83. The quantitative estimate of drug-likeness (QED) is 0.392. The van der Waals surface area contributed by atoms with Crippen LogP contribution in [-0.2, 0) is 10.5 Å². The number of hydrogen-bond donors (Lipinski definition) is 1. The number of benzene rings is 2. The van der Waals surface area contributed by atoms with Gasteiger partial charge >= 0.3 is 0 Å². The first-order valence-corrected chi connectivity index (χ1v) is 11.7. The van der Waals surface area contributed by atoms with Crippen LogP contribution in [0.25, 0.3) is 16.3 Å². The highest BCUT2D eigenvalue weighted by atomic mass is 32.2. The summed E-state index contributed by atoms with van der Waals surface area (Å²) in [5.41, 5.74) is 4.92. The van der Waals surface area contributed by atoms with Gasteiger partial charge in [0.1, 0.15) is 5.01 Å². The third kappa shape index (κ3) is 5.18. The van der Waals surface area contributed by atoms with Gasteiger partial charge in [-0.25, -0.2) is 4.98 Å². The molecule has 158 valence electrons.